The van der Waals surface area contributed by atoms with Crippen molar-refractivity contribution in [2.45, 2.75) is 26.4 Å². The normalized spacial score (nSPS) is 13.8. The Morgan fingerprint density at radius 3 is 2.82 bits per heavy atom. The van der Waals surface area contributed by atoms with Gasteiger partial charge in [0.1, 0.15) is 12.4 Å². The van der Waals surface area contributed by atoms with Gasteiger partial charge in [-0.25, -0.2) is 4.98 Å². The number of nitrogens with zero attached hydrogens (tertiary/aromatic N) is 2. The van der Waals surface area contributed by atoms with Crippen molar-refractivity contribution in [3.63, 3.8) is 0 Å². The summed E-state index contributed by atoms with van der Waals surface area (Å²) in [5.74, 6) is 1.02. The van der Waals surface area contributed by atoms with Crippen molar-refractivity contribution in [1.82, 2.24) is 15.2 Å². The Bertz CT molecular complexity index is 195. The van der Waals surface area contributed by atoms with Crippen molar-refractivity contribution in [2.24, 2.45) is 5.92 Å². The van der Waals surface area contributed by atoms with Crippen LogP contribution in [0.1, 0.15) is 32.2 Å². The first kappa shape index (κ1) is 8.20. The maximum Gasteiger partial charge on any atom is 0.153 e. The van der Waals surface area contributed by atoms with E-state index in [1.54, 1.807) is 0 Å². The molecule has 0 aliphatic heterocycles. The molecule has 0 saturated carbocycles. The molecular formula is C7H13N3O. The van der Waals surface area contributed by atoms with Gasteiger partial charge in [-0.1, -0.05) is 13.8 Å². The van der Waals surface area contributed by atoms with Gasteiger partial charge in [-0.15, -0.1) is 0 Å². The maximum absolute atomic E-state index is 9.45. The monoisotopic (exact) mass is 155 g/mol. The van der Waals surface area contributed by atoms with Crippen molar-refractivity contribution in [2.75, 3.05) is 0 Å². The Morgan fingerprint density at radius 1 is 1.64 bits per heavy atom. The fourth-order valence-corrected chi connectivity index (χ4v) is 0.934. The molecule has 62 valence electrons. The molecule has 1 aromatic rings. The Hall–Kier alpha value is -0.900. The van der Waals surface area contributed by atoms with Gasteiger partial charge in [0.2, 0.25) is 0 Å². The van der Waals surface area contributed by atoms with Crippen molar-refractivity contribution < 1.29 is 5.11 Å². The topological polar surface area (TPSA) is 61.8 Å². The molecule has 4 heteroatoms. The molecule has 0 radical (unpaired) electrons. The molecule has 0 amide bonds. The van der Waals surface area contributed by atoms with E-state index in [0.29, 0.717) is 11.7 Å². The van der Waals surface area contributed by atoms with E-state index in [9.17, 15) is 5.11 Å². The summed E-state index contributed by atoms with van der Waals surface area (Å²) in [5, 5.41) is 15.7. The van der Waals surface area contributed by atoms with Gasteiger partial charge in [0, 0.05) is 0 Å². The fraction of sp³-hybridized carbons (Fsp3) is 0.714. The van der Waals surface area contributed by atoms with Crippen LogP contribution in [-0.2, 0) is 0 Å². The van der Waals surface area contributed by atoms with Gasteiger partial charge < -0.3 is 5.11 Å². The first-order valence-corrected chi connectivity index (χ1v) is 3.73. The van der Waals surface area contributed by atoms with Crippen LogP contribution in [0.4, 0.5) is 0 Å². The third-order valence-corrected chi connectivity index (χ3v) is 1.44. The zero-order valence-electron chi connectivity index (χ0n) is 6.78. The van der Waals surface area contributed by atoms with Crippen molar-refractivity contribution in [1.29, 1.82) is 0 Å². The van der Waals surface area contributed by atoms with Crippen LogP contribution in [0.15, 0.2) is 6.33 Å². The Kier molecular flexibility index (Phi) is 2.59. The Morgan fingerprint density at radius 2 is 2.36 bits per heavy atom. The molecule has 0 bridgehead atoms. The maximum atomic E-state index is 9.45. The summed E-state index contributed by atoms with van der Waals surface area (Å²) in [7, 11) is 0. The highest BCUT2D eigenvalue weighted by molar-refractivity contribution is 4.86. The lowest BCUT2D eigenvalue weighted by atomic mass is 10.1. The molecule has 0 aliphatic carbocycles. The van der Waals surface area contributed by atoms with Crippen LogP contribution in [0.3, 0.4) is 0 Å². The third kappa shape index (κ3) is 2.31. The molecule has 0 aliphatic rings. The first-order valence-electron chi connectivity index (χ1n) is 3.73. The summed E-state index contributed by atoms with van der Waals surface area (Å²) < 4.78 is 0. The predicted molar refractivity (Wildman–Crippen MR) is 40.8 cm³/mol. The second-order valence-corrected chi connectivity index (χ2v) is 3.02. The zero-order chi connectivity index (χ0) is 8.27. The first-order chi connectivity index (χ1) is 5.20. The highest BCUT2D eigenvalue weighted by Gasteiger charge is 2.11. The minimum atomic E-state index is -0.502. The van der Waals surface area contributed by atoms with E-state index in [-0.39, 0.29) is 0 Å². The lowest BCUT2D eigenvalue weighted by Gasteiger charge is -2.08. The zero-order valence-corrected chi connectivity index (χ0v) is 6.78. The number of aliphatic hydroxyl groups is 1. The minimum absolute atomic E-state index is 0.468. The molecule has 0 saturated heterocycles. The second kappa shape index (κ2) is 3.48. The summed E-state index contributed by atoms with van der Waals surface area (Å²) in [6, 6.07) is 0. The smallest absolute Gasteiger partial charge is 0.153 e. The standard InChI is InChI=1S/C7H13N3O/c1-5(2)3-6(11)7-8-4-9-10-7/h4-6,11H,3H2,1-2H3,(H,8,9,10). The highest BCUT2D eigenvalue weighted by atomic mass is 16.3. The molecule has 0 aromatic carbocycles. The average molecular weight is 155 g/mol. The summed E-state index contributed by atoms with van der Waals surface area (Å²) in [6.45, 7) is 4.11. The third-order valence-electron chi connectivity index (χ3n) is 1.44. The molecule has 1 heterocycles. The van der Waals surface area contributed by atoms with Gasteiger partial charge in [0.15, 0.2) is 5.82 Å². The average Bonchev–Trinajstić information content (AvgIpc) is 2.35. The lowest BCUT2D eigenvalue weighted by Crippen LogP contribution is -2.03. The van der Waals surface area contributed by atoms with Crippen LogP contribution >= 0.6 is 0 Å². The quantitative estimate of drug-likeness (QED) is 0.681. The van der Waals surface area contributed by atoms with E-state index >= 15 is 0 Å². The molecular weight excluding hydrogens is 142 g/mol. The number of aromatic amines is 1. The van der Waals surface area contributed by atoms with E-state index in [1.165, 1.54) is 6.33 Å². The van der Waals surface area contributed by atoms with Crippen molar-refractivity contribution in [3.05, 3.63) is 12.2 Å². The minimum Gasteiger partial charge on any atom is -0.385 e. The summed E-state index contributed by atoms with van der Waals surface area (Å²) in [6.07, 6.45) is 1.62. The van der Waals surface area contributed by atoms with Crippen LogP contribution < -0.4 is 0 Å². The Balaban J connectivity index is 2.49. The molecule has 1 atom stereocenters. The molecule has 2 N–H and O–H groups in total. The number of nitrogens with one attached hydrogen (secondary N) is 1. The number of aliphatic hydroxyl groups excluding tert-OH is 1. The Labute approximate surface area is 65.7 Å². The van der Waals surface area contributed by atoms with Gasteiger partial charge in [-0.3, -0.25) is 5.10 Å². The largest absolute Gasteiger partial charge is 0.385 e. The number of H-pyrrole nitrogens is 1. The predicted octanol–water partition coefficient (Wildman–Crippen LogP) is 0.884. The van der Waals surface area contributed by atoms with Gasteiger partial charge in [-0.2, -0.15) is 5.10 Å². The number of hydrogen-bond donors (Lipinski definition) is 2. The SMILES string of the molecule is CC(C)CC(O)c1ncn[nH]1. The van der Waals surface area contributed by atoms with E-state index in [0.717, 1.165) is 6.42 Å². The summed E-state index contributed by atoms with van der Waals surface area (Å²) >= 11 is 0. The number of hydrogen-bond acceptors (Lipinski definition) is 3. The second-order valence-electron chi connectivity index (χ2n) is 3.02. The van der Waals surface area contributed by atoms with Gasteiger partial charge in [0.05, 0.1) is 0 Å². The highest BCUT2D eigenvalue weighted by Crippen LogP contribution is 2.16. The summed E-state index contributed by atoms with van der Waals surface area (Å²) in [4.78, 5) is 3.85. The van der Waals surface area contributed by atoms with Crippen molar-refractivity contribution >= 4 is 0 Å². The van der Waals surface area contributed by atoms with E-state index in [4.69, 9.17) is 0 Å². The van der Waals surface area contributed by atoms with Crippen molar-refractivity contribution in [3.8, 4) is 0 Å². The van der Waals surface area contributed by atoms with Gasteiger partial charge in [0.25, 0.3) is 0 Å². The number of aromatic nitrogens is 3. The molecule has 1 rings (SSSR count). The van der Waals surface area contributed by atoms with E-state index in [2.05, 4.69) is 29.0 Å². The molecule has 4 nitrogen and oxygen atoms in total. The van der Waals surface area contributed by atoms with Gasteiger partial charge in [-0.05, 0) is 12.3 Å². The van der Waals surface area contributed by atoms with Crippen LogP contribution in [0.25, 0.3) is 0 Å². The molecule has 11 heavy (non-hydrogen) atoms. The van der Waals surface area contributed by atoms with Crippen LogP contribution in [-0.4, -0.2) is 20.3 Å². The summed E-state index contributed by atoms with van der Waals surface area (Å²) in [5.41, 5.74) is 0. The molecule has 1 unspecified atom stereocenters. The molecule has 0 fully saturated rings. The van der Waals surface area contributed by atoms with E-state index in [1.807, 2.05) is 0 Å². The molecule has 0 spiro atoms. The number of rotatable bonds is 3. The van der Waals surface area contributed by atoms with Crippen LogP contribution in [0.2, 0.25) is 0 Å². The van der Waals surface area contributed by atoms with Crippen LogP contribution in [0.5, 0.6) is 0 Å². The lowest BCUT2D eigenvalue weighted by molar-refractivity contribution is 0.142. The fourth-order valence-electron chi connectivity index (χ4n) is 0.934. The van der Waals surface area contributed by atoms with Gasteiger partial charge >= 0.3 is 0 Å². The van der Waals surface area contributed by atoms with E-state index < -0.39 is 6.10 Å². The molecule has 1 aromatic heterocycles. The van der Waals surface area contributed by atoms with Crippen LogP contribution in [0, 0.1) is 5.92 Å².